The first kappa shape index (κ1) is 19.1. The summed E-state index contributed by atoms with van der Waals surface area (Å²) in [6.45, 7) is 2.39. The molecule has 0 N–H and O–H groups in total. The van der Waals surface area contributed by atoms with E-state index in [1.807, 2.05) is 23.2 Å². The fraction of sp³-hybridized carbons (Fsp3) is 0.417. The van der Waals surface area contributed by atoms with Crippen LogP contribution in [0.2, 0.25) is 0 Å². The Bertz CT molecular complexity index is 1030. The summed E-state index contributed by atoms with van der Waals surface area (Å²) in [5.74, 6) is 0.611. The van der Waals surface area contributed by atoms with Crippen molar-refractivity contribution in [2.75, 3.05) is 19.7 Å². The zero-order chi connectivity index (χ0) is 20.3. The van der Waals surface area contributed by atoms with Crippen molar-refractivity contribution in [1.29, 1.82) is 0 Å². The van der Waals surface area contributed by atoms with Gasteiger partial charge in [0.25, 0.3) is 0 Å². The minimum atomic E-state index is 0.125. The van der Waals surface area contributed by atoms with Crippen LogP contribution in [0.5, 0.6) is 0 Å². The number of nitrogens with zero attached hydrogens (tertiary/aromatic N) is 4. The molecule has 2 aliphatic heterocycles. The van der Waals surface area contributed by atoms with E-state index in [0.717, 1.165) is 73.2 Å². The van der Waals surface area contributed by atoms with Crippen molar-refractivity contribution >= 4 is 16.9 Å². The van der Waals surface area contributed by atoms with Crippen molar-refractivity contribution in [3.63, 3.8) is 0 Å². The Hall–Kier alpha value is -2.86. The lowest BCUT2D eigenvalue weighted by atomic mass is 9.92. The topological polar surface area (TPSA) is 68.2 Å². The first-order chi connectivity index (χ1) is 14.8. The number of likely N-dealkylation sites (tertiary alicyclic amines) is 1. The molecule has 5 heterocycles. The van der Waals surface area contributed by atoms with Gasteiger partial charge < -0.3 is 9.64 Å². The first-order valence-electron chi connectivity index (χ1n) is 10.8. The maximum atomic E-state index is 12.5. The third-order valence-corrected chi connectivity index (χ3v) is 6.27. The molecule has 0 aliphatic carbocycles. The summed E-state index contributed by atoms with van der Waals surface area (Å²) in [5, 5.41) is 1.04. The molecule has 2 fully saturated rings. The predicted molar refractivity (Wildman–Crippen MR) is 115 cm³/mol. The lowest BCUT2D eigenvalue weighted by molar-refractivity contribution is -0.134. The second kappa shape index (κ2) is 8.48. The van der Waals surface area contributed by atoms with E-state index in [-0.39, 0.29) is 12.0 Å². The fourth-order valence-electron chi connectivity index (χ4n) is 4.51. The zero-order valence-corrected chi connectivity index (χ0v) is 17.0. The summed E-state index contributed by atoms with van der Waals surface area (Å²) in [5.41, 5.74) is 4.03. The Kier molecular flexibility index (Phi) is 5.41. The van der Waals surface area contributed by atoms with Crippen molar-refractivity contribution in [2.24, 2.45) is 0 Å². The van der Waals surface area contributed by atoms with Gasteiger partial charge in [0.15, 0.2) is 5.65 Å². The molecule has 3 aromatic rings. The molecule has 5 rings (SSSR count). The van der Waals surface area contributed by atoms with Gasteiger partial charge in [0.2, 0.25) is 5.91 Å². The van der Waals surface area contributed by atoms with Gasteiger partial charge in [-0.25, -0.2) is 9.97 Å². The highest BCUT2D eigenvalue weighted by Gasteiger charge is 2.27. The average molecular weight is 402 g/mol. The van der Waals surface area contributed by atoms with E-state index in [2.05, 4.69) is 28.2 Å². The van der Waals surface area contributed by atoms with Gasteiger partial charge in [-0.2, -0.15) is 0 Å². The summed E-state index contributed by atoms with van der Waals surface area (Å²) in [6, 6.07) is 10.3. The van der Waals surface area contributed by atoms with Crippen LogP contribution in [0.4, 0.5) is 0 Å². The van der Waals surface area contributed by atoms with Crippen molar-refractivity contribution in [3.8, 4) is 11.1 Å². The number of hydrogen-bond donors (Lipinski definition) is 0. The molecule has 30 heavy (non-hydrogen) atoms. The number of ether oxygens (including phenoxy) is 1. The van der Waals surface area contributed by atoms with Crippen molar-refractivity contribution in [3.05, 3.63) is 54.6 Å². The summed E-state index contributed by atoms with van der Waals surface area (Å²) >= 11 is 0. The molecule has 2 saturated heterocycles. The van der Waals surface area contributed by atoms with Crippen LogP contribution in [0.3, 0.4) is 0 Å². The zero-order valence-electron chi connectivity index (χ0n) is 17.0. The minimum Gasteiger partial charge on any atom is -0.378 e. The van der Waals surface area contributed by atoms with E-state index in [1.165, 1.54) is 0 Å². The number of carbonyl (C=O) groups excluding carboxylic acids is 1. The summed E-state index contributed by atoms with van der Waals surface area (Å²) in [6.07, 6.45) is 10.1. The second-order valence-electron chi connectivity index (χ2n) is 8.24. The van der Waals surface area contributed by atoms with Crippen molar-refractivity contribution in [2.45, 2.75) is 44.1 Å². The van der Waals surface area contributed by atoms with Crippen molar-refractivity contribution < 1.29 is 9.53 Å². The Balaban J connectivity index is 1.25. The van der Waals surface area contributed by atoms with Crippen LogP contribution in [-0.2, 0) is 9.53 Å². The van der Waals surface area contributed by atoms with Gasteiger partial charge in [-0.15, -0.1) is 0 Å². The molecule has 0 radical (unpaired) electrons. The van der Waals surface area contributed by atoms with Gasteiger partial charge in [0.05, 0.1) is 12.5 Å². The smallest absolute Gasteiger partial charge is 0.225 e. The lowest BCUT2D eigenvalue weighted by Gasteiger charge is -2.32. The van der Waals surface area contributed by atoms with Crippen LogP contribution in [0.1, 0.15) is 43.7 Å². The summed E-state index contributed by atoms with van der Waals surface area (Å²) < 4.78 is 5.61. The molecule has 0 spiro atoms. The van der Waals surface area contributed by atoms with Gasteiger partial charge >= 0.3 is 0 Å². The van der Waals surface area contributed by atoms with Crippen LogP contribution < -0.4 is 0 Å². The number of rotatable bonds is 4. The number of pyridine rings is 3. The standard InChI is InChI=1S/C24H26N4O2/c29-23(15-21-2-1-13-30-21)28-11-7-18(8-12-28)22-4-3-19-14-20(16-26-24(19)27-22)17-5-9-25-10-6-17/h3-6,9-10,14,16,18,21H,1-2,7-8,11-13,15H2. The molecular formula is C24H26N4O2. The largest absolute Gasteiger partial charge is 0.378 e. The Morgan fingerprint density at radius 2 is 1.90 bits per heavy atom. The summed E-state index contributed by atoms with van der Waals surface area (Å²) in [4.78, 5) is 28.1. The van der Waals surface area contributed by atoms with Gasteiger partial charge in [-0.3, -0.25) is 9.78 Å². The molecule has 0 bridgehead atoms. The SMILES string of the molecule is O=C(CC1CCCO1)N1CCC(c2ccc3cc(-c4ccncc4)cnc3n2)CC1. The molecule has 1 unspecified atom stereocenters. The summed E-state index contributed by atoms with van der Waals surface area (Å²) in [7, 11) is 0. The molecule has 0 saturated carbocycles. The van der Waals surface area contributed by atoms with Crippen LogP contribution in [-0.4, -0.2) is 51.6 Å². The molecule has 3 aromatic heterocycles. The lowest BCUT2D eigenvalue weighted by Crippen LogP contribution is -2.39. The van der Waals surface area contributed by atoms with E-state index in [4.69, 9.17) is 9.72 Å². The average Bonchev–Trinajstić information content (AvgIpc) is 3.32. The normalized spacial score (nSPS) is 20.0. The van der Waals surface area contributed by atoms with E-state index in [9.17, 15) is 4.79 Å². The highest BCUT2D eigenvalue weighted by atomic mass is 16.5. The van der Waals surface area contributed by atoms with Crippen LogP contribution in [0, 0.1) is 0 Å². The molecule has 0 aromatic carbocycles. The second-order valence-corrected chi connectivity index (χ2v) is 8.24. The van der Waals surface area contributed by atoms with Crippen molar-refractivity contribution in [1.82, 2.24) is 19.9 Å². The Labute approximate surface area is 176 Å². The predicted octanol–water partition coefficient (Wildman–Crippen LogP) is 3.97. The minimum absolute atomic E-state index is 0.125. The fourth-order valence-corrected chi connectivity index (χ4v) is 4.51. The maximum Gasteiger partial charge on any atom is 0.225 e. The monoisotopic (exact) mass is 402 g/mol. The third kappa shape index (κ3) is 4.05. The maximum absolute atomic E-state index is 12.5. The molecule has 2 aliphatic rings. The molecule has 154 valence electrons. The number of amides is 1. The van der Waals surface area contributed by atoms with E-state index in [1.54, 1.807) is 12.4 Å². The Morgan fingerprint density at radius 1 is 1.07 bits per heavy atom. The number of hydrogen-bond acceptors (Lipinski definition) is 5. The molecule has 1 atom stereocenters. The number of carbonyl (C=O) groups is 1. The first-order valence-corrected chi connectivity index (χ1v) is 10.8. The van der Waals surface area contributed by atoms with Crippen LogP contribution in [0.25, 0.3) is 22.2 Å². The van der Waals surface area contributed by atoms with Crippen LogP contribution in [0.15, 0.2) is 48.9 Å². The quantitative estimate of drug-likeness (QED) is 0.661. The number of fused-ring (bicyclic) bond motifs is 1. The molecule has 1 amide bonds. The van der Waals surface area contributed by atoms with Gasteiger partial charge in [0, 0.05) is 60.8 Å². The molecule has 6 nitrogen and oxygen atoms in total. The van der Waals surface area contributed by atoms with Gasteiger partial charge in [0.1, 0.15) is 0 Å². The van der Waals surface area contributed by atoms with Gasteiger partial charge in [-0.05, 0) is 61.6 Å². The van der Waals surface area contributed by atoms with Gasteiger partial charge in [-0.1, -0.05) is 0 Å². The number of aromatic nitrogens is 3. The molecule has 6 heteroatoms. The number of piperidine rings is 1. The highest BCUT2D eigenvalue weighted by molar-refractivity contribution is 5.81. The molecular weight excluding hydrogens is 376 g/mol. The van der Waals surface area contributed by atoms with Crippen LogP contribution >= 0.6 is 0 Å². The van der Waals surface area contributed by atoms with E-state index >= 15 is 0 Å². The Morgan fingerprint density at radius 3 is 2.67 bits per heavy atom. The van der Waals surface area contributed by atoms with E-state index < -0.39 is 0 Å². The highest BCUT2D eigenvalue weighted by Crippen LogP contribution is 2.29. The van der Waals surface area contributed by atoms with E-state index in [0.29, 0.717) is 12.3 Å². The third-order valence-electron chi connectivity index (χ3n) is 6.27.